The molecule has 9 nitrogen and oxygen atoms in total. The first-order chi connectivity index (χ1) is 16.3. The number of carbonyl (C=O) groups excluding carboxylic acids is 3. The minimum Gasteiger partial charge on any atom is -0.495 e. The highest BCUT2D eigenvalue weighted by Gasteiger charge is 2.34. The van der Waals surface area contributed by atoms with E-state index in [-0.39, 0.29) is 32.9 Å². The summed E-state index contributed by atoms with van der Waals surface area (Å²) in [5.41, 5.74) is 0.451. The van der Waals surface area contributed by atoms with Gasteiger partial charge >= 0.3 is 18.0 Å². The molecule has 0 bridgehead atoms. The van der Waals surface area contributed by atoms with Crippen LogP contribution in [0.15, 0.2) is 35.4 Å². The molecule has 0 fully saturated rings. The van der Waals surface area contributed by atoms with Crippen molar-refractivity contribution in [3.63, 3.8) is 0 Å². The van der Waals surface area contributed by atoms with Crippen LogP contribution in [0, 0.1) is 0 Å². The average Bonchev–Trinajstić information content (AvgIpc) is 2.78. The van der Waals surface area contributed by atoms with E-state index in [0.717, 1.165) is 6.07 Å². The Balaban J connectivity index is 2.01. The smallest absolute Gasteiger partial charge is 0.418 e. The van der Waals surface area contributed by atoms with Crippen LogP contribution in [0.5, 0.6) is 11.5 Å². The third-order valence-corrected chi connectivity index (χ3v) is 4.78. The zero-order valence-corrected chi connectivity index (χ0v) is 20.0. The van der Waals surface area contributed by atoms with Crippen molar-refractivity contribution in [3.8, 4) is 11.5 Å². The lowest BCUT2D eigenvalue weighted by Gasteiger charge is -2.14. The summed E-state index contributed by atoms with van der Waals surface area (Å²) in [5.74, 6) is -2.76. The number of methoxy groups -OCH3 is 2. The number of hydrogen-bond donors (Lipinski definition) is 3. The Morgan fingerprint density at radius 1 is 0.943 bits per heavy atom. The molecule has 0 spiro atoms. The van der Waals surface area contributed by atoms with Crippen LogP contribution in [0.1, 0.15) is 18.9 Å². The number of nitrogens with zero attached hydrogens (tertiary/aromatic N) is 1. The highest BCUT2D eigenvalue weighted by Crippen LogP contribution is 2.37. The number of anilines is 2. The SMILES string of the molecule is COc1cc(NC(=O)C(=O)N/N=C(\C)CC(=O)Nc2ccc(Cl)cc2C(F)(F)F)c(OC)cc1Cl. The number of amides is 3. The molecule has 0 unspecified atom stereocenters. The lowest BCUT2D eigenvalue weighted by Crippen LogP contribution is -2.33. The summed E-state index contributed by atoms with van der Waals surface area (Å²) in [4.78, 5) is 36.4. The van der Waals surface area contributed by atoms with Crippen LogP contribution in [0.3, 0.4) is 0 Å². The summed E-state index contributed by atoms with van der Waals surface area (Å²) < 4.78 is 49.6. The quantitative estimate of drug-likeness (QED) is 0.275. The molecule has 0 aromatic heterocycles. The lowest BCUT2D eigenvalue weighted by molar-refractivity contribution is -0.137. The zero-order chi connectivity index (χ0) is 26.3. The number of alkyl halides is 3. The van der Waals surface area contributed by atoms with Crippen molar-refractivity contribution in [2.75, 3.05) is 24.9 Å². The van der Waals surface area contributed by atoms with Gasteiger partial charge in [-0.3, -0.25) is 14.4 Å². The molecule has 0 atom stereocenters. The van der Waals surface area contributed by atoms with Gasteiger partial charge in [0.15, 0.2) is 0 Å². The van der Waals surface area contributed by atoms with Gasteiger partial charge < -0.3 is 20.1 Å². The van der Waals surface area contributed by atoms with Crippen molar-refractivity contribution in [3.05, 3.63) is 45.9 Å². The van der Waals surface area contributed by atoms with E-state index >= 15 is 0 Å². The van der Waals surface area contributed by atoms with E-state index < -0.39 is 41.6 Å². The molecule has 14 heteroatoms. The van der Waals surface area contributed by atoms with Gasteiger partial charge in [0.2, 0.25) is 5.91 Å². The molecule has 3 N–H and O–H groups in total. The zero-order valence-electron chi connectivity index (χ0n) is 18.5. The Morgan fingerprint density at radius 2 is 1.60 bits per heavy atom. The van der Waals surface area contributed by atoms with Crippen molar-refractivity contribution < 1.29 is 37.0 Å². The third kappa shape index (κ3) is 7.76. The number of ether oxygens (including phenoxy) is 2. The number of halogens is 5. The molecular formula is C21H19Cl2F3N4O5. The van der Waals surface area contributed by atoms with E-state index in [4.69, 9.17) is 32.7 Å². The molecule has 35 heavy (non-hydrogen) atoms. The van der Waals surface area contributed by atoms with Crippen molar-refractivity contribution in [2.24, 2.45) is 5.10 Å². The minimum atomic E-state index is -4.74. The predicted molar refractivity (Wildman–Crippen MR) is 124 cm³/mol. The van der Waals surface area contributed by atoms with Crippen LogP contribution in [0.4, 0.5) is 24.5 Å². The molecule has 0 heterocycles. The van der Waals surface area contributed by atoms with E-state index in [1.54, 1.807) is 0 Å². The molecule has 0 aliphatic carbocycles. The lowest BCUT2D eigenvalue weighted by atomic mass is 10.1. The van der Waals surface area contributed by atoms with Crippen LogP contribution >= 0.6 is 23.2 Å². The van der Waals surface area contributed by atoms with E-state index in [9.17, 15) is 27.6 Å². The number of rotatable bonds is 7. The molecule has 0 aliphatic rings. The largest absolute Gasteiger partial charge is 0.495 e. The highest BCUT2D eigenvalue weighted by molar-refractivity contribution is 6.40. The monoisotopic (exact) mass is 534 g/mol. The summed E-state index contributed by atoms with van der Waals surface area (Å²) in [7, 11) is 2.69. The summed E-state index contributed by atoms with van der Waals surface area (Å²) in [6.45, 7) is 1.33. The topological polar surface area (TPSA) is 118 Å². The standard InChI is InChI=1S/C21H19Cl2F3N4O5/c1-10(6-18(31)27-14-5-4-11(22)7-12(14)21(24,25)26)29-30-20(33)19(32)28-15-9-16(34-2)13(23)8-17(15)35-3/h4-5,7-9H,6H2,1-3H3,(H,27,31)(H,28,32)(H,30,33)/b29-10+. The van der Waals surface area contributed by atoms with Crippen LogP contribution in [-0.2, 0) is 20.6 Å². The van der Waals surface area contributed by atoms with Crippen LogP contribution in [0.2, 0.25) is 10.0 Å². The molecule has 0 saturated heterocycles. The van der Waals surface area contributed by atoms with E-state index in [1.807, 2.05) is 5.43 Å². The normalized spacial score (nSPS) is 11.5. The van der Waals surface area contributed by atoms with Gasteiger partial charge in [0.05, 0.1) is 42.6 Å². The molecule has 0 aliphatic heterocycles. The fraction of sp³-hybridized carbons (Fsp3) is 0.238. The molecule has 188 valence electrons. The van der Waals surface area contributed by atoms with Gasteiger partial charge in [0.25, 0.3) is 0 Å². The van der Waals surface area contributed by atoms with Gasteiger partial charge in [0, 0.05) is 22.9 Å². The maximum Gasteiger partial charge on any atom is 0.418 e. The fourth-order valence-electron chi connectivity index (χ4n) is 2.66. The summed E-state index contributed by atoms with van der Waals surface area (Å²) >= 11 is 11.6. The van der Waals surface area contributed by atoms with Gasteiger partial charge in [-0.1, -0.05) is 23.2 Å². The Morgan fingerprint density at radius 3 is 2.20 bits per heavy atom. The molecule has 0 saturated carbocycles. The molecular weight excluding hydrogens is 516 g/mol. The van der Waals surface area contributed by atoms with E-state index in [2.05, 4.69) is 15.7 Å². The van der Waals surface area contributed by atoms with Gasteiger partial charge in [-0.15, -0.1) is 0 Å². The Kier molecular flexibility index (Phi) is 9.32. The van der Waals surface area contributed by atoms with Gasteiger partial charge in [-0.2, -0.15) is 18.3 Å². The van der Waals surface area contributed by atoms with Crippen molar-refractivity contribution in [2.45, 2.75) is 19.5 Å². The maximum atomic E-state index is 13.2. The number of nitrogens with one attached hydrogen (secondary N) is 3. The van der Waals surface area contributed by atoms with Gasteiger partial charge in [-0.25, -0.2) is 5.43 Å². The summed E-state index contributed by atoms with van der Waals surface area (Å²) in [6.07, 6.45) is -5.21. The van der Waals surface area contributed by atoms with E-state index in [1.165, 1.54) is 39.3 Å². The Bertz CT molecular complexity index is 1170. The average molecular weight is 535 g/mol. The second kappa shape index (κ2) is 11.8. The first-order valence-electron chi connectivity index (χ1n) is 9.58. The number of benzene rings is 2. The number of hydrazone groups is 1. The Labute approximate surface area is 207 Å². The van der Waals surface area contributed by atoms with Crippen molar-refractivity contribution >= 4 is 58.0 Å². The predicted octanol–water partition coefficient (Wildman–Crippen LogP) is 4.49. The van der Waals surface area contributed by atoms with E-state index in [0.29, 0.717) is 6.07 Å². The molecule has 3 amide bonds. The minimum absolute atomic E-state index is 0.0110. The third-order valence-electron chi connectivity index (χ3n) is 4.25. The second-order valence-electron chi connectivity index (χ2n) is 6.84. The molecule has 0 radical (unpaired) electrons. The highest BCUT2D eigenvalue weighted by atomic mass is 35.5. The number of carbonyl (C=O) groups is 3. The maximum absolute atomic E-state index is 13.2. The van der Waals surface area contributed by atoms with Crippen molar-refractivity contribution in [1.82, 2.24) is 5.43 Å². The first kappa shape index (κ1) is 27.7. The van der Waals surface area contributed by atoms with Crippen LogP contribution < -0.4 is 25.5 Å². The second-order valence-corrected chi connectivity index (χ2v) is 7.69. The van der Waals surface area contributed by atoms with Crippen LogP contribution in [-0.4, -0.2) is 37.7 Å². The first-order valence-corrected chi connectivity index (χ1v) is 10.3. The van der Waals surface area contributed by atoms with Gasteiger partial charge in [0.1, 0.15) is 11.5 Å². The molecule has 2 aromatic carbocycles. The Hall–Kier alpha value is -3.51. The van der Waals surface area contributed by atoms with Crippen molar-refractivity contribution in [1.29, 1.82) is 0 Å². The summed E-state index contributed by atoms with van der Waals surface area (Å²) in [5, 5.41) is 8.11. The molecule has 2 aromatic rings. The number of hydrogen-bond acceptors (Lipinski definition) is 6. The molecule has 2 rings (SSSR count). The van der Waals surface area contributed by atoms with Gasteiger partial charge in [-0.05, 0) is 25.1 Å². The fourth-order valence-corrected chi connectivity index (χ4v) is 3.06. The van der Waals surface area contributed by atoms with Crippen LogP contribution in [0.25, 0.3) is 0 Å². The summed E-state index contributed by atoms with van der Waals surface area (Å²) in [6, 6.07) is 5.61.